The summed E-state index contributed by atoms with van der Waals surface area (Å²) in [4.78, 5) is 88.2. The van der Waals surface area contributed by atoms with Crippen molar-refractivity contribution in [2.24, 2.45) is 0 Å². The second-order valence-corrected chi connectivity index (χ2v) is 22.7. The van der Waals surface area contributed by atoms with Crippen LogP contribution in [0.5, 0.6) is 5.75 Å². The third-order valence-corrected chi connectivity index (χ3v) is 16.6. The van der Waals surface area contributed by atoms with E-state index in [0.29, 0.717) is 59.2 Å². The van der Waals surface area contributed by atoms with Crippen LogP contribution in [-0.2, 0) is 14.2 Å². The maximum absolute atomic E-state index is 12.3. The van der Waals surface area contributed by atoms with Crippen molar-refractivity contribution in [1.82, 2.24) is 53.2 Å². The van der Waals surface area contributed by atoms with Gasteiger partial charge >= 0.3 is 0 Å². The van der Waals surface area contributed by atoms with Crippen molar-refractivity contribution in [3.8, 4) is 27.3 Å². The molecule has 4 fully saturated rings. The van der Waals surface area contributed by atoms with Crippen molar-refractivity contribution in [3.05, 3.63) is 161 Å². The second kappa shape index (κ2) is 26.1. The molecule has 0 amide bonds. The summed E-state index contributed by atoms with van der Waals surface area (Å²) in [5, 5.41) is 3.55. The first-order valence-corrected chi connectivity index (χ1v) is 29.4. The maximum Gasteiger partial charge on any atom is 0.260 e. The lowest BCUT2D eigenvalue weighted by Gasteiger charge is -2.33. The first-order chi connectivity index (χ1) is 40.1. The van der Waals surface area contributed by atoms with Gasteiger partial charge in [-0.2, -0.15) is 0 Å². The molecule has 12 heterocycles. The molecule has 1 aromatic carbocycles. The Bertz CT molecular complexity index is 3820. The predicted molar refractivity (Wildman–Crippen MR) is 321 cm³/mol. The van der Waals surface area contributed by atoms with Crippen LogP contribution in [0.25, 0.3) is 21.5 Å². The fourth-order valence-corrected chi connectivity index (χ4v) is 12.5. The number of morpholine rings is 3. The Kier molecular flexibility index (Phi) is 18.3. The molecule has 5 aliphatic rings. The highest BCUT2D eigenvalue weighted by molar-refractivity contribution is 7.18. The molecular formula is C58H69N15O8S2. The fourth-order valence-electron chi connectivity index (χ4n) is 10.6. The van der Waals surface area contributed by atoms with Crippen molar-refractivity contribution < 1.29 is 18.9 Å². The van der Waals surface area contributed by atoms with Gasteiger partial charge in [0, 0.05) is 98.9 Å². The summed E-state index contributed by atoms with van der Waals surface area (Å²) < 4.78 is 28.3. The zero-order valence-electron chi connectivity index (χ0n) is 48.1. The lowest BCUT2D eigenvalue weighted by Crippen LogP contribution is -2.38. The Labute approximate surface area is 488 Å². The first-order valence-electron chi connectivity index (χ1n) is 27.8. The van der Waals surface area contributed by atoms with Gasteiger partial charge in [-0.15, -0.1) is 0 Å². The highest BCUT2D eigenvalue weighted by atomic mass is 32.1. The van der Waals surface area contributed by atoms with Crippen molar-refractivity contribution in [3.63, 3.8) is 0 Å². The van der Waals surface area contributed by atoms with Crippen LogP contribution in [0, 0.1) is 55.4 Å². The number of pyridine rings is 1. The highest BCUT2D eigenvalue weighted by Gasteiger charge is 2.32. The van der Waals surface area contributed by atoms with E-state index in [1.807, 2.05) is 72.1 Å². The summed E-state index contributed by atoms with van der Waals surface area (Å²) >= 11 is 3.06. The number of hydrogen-bond donors (Lipinski definition) is 0. The molecule has 0 aliphatic carbocycles. The summed E-state index contributed by atoms with van der Waals surface area (Å²) in [6, 6.07) is 13.0. The van der Waals surface area contributed by atoms with Crippen LogP contribution in [-0.4, -0.2) is 151 Å². The van der Waals surface area contributed by atoms with E-state index in [9.17, 15) is 19.2 Å². The molecular weight excluding hydrogens is 1100 g/mol. The van der Waals surface area contributed by atoms with E-state index in [1.54, 1.807) is 63.5 Å². The Morgan fingerprint density at radius 1 is 0.518 bits per heavy atom. The monoisotopic (exact) mass is 1170 g/mol. The fraction of sp³-hybridized carbons (Fsp3) is 0.431. The molecule has 8 aromatic rings. The van der Waals surface area contributed by atoms with Crippen LogP contribution < -0.4 is 46.6 Å². The van der Waals surface area contributed by atoms with E-state index in [-0.39, 0.29) is 22.2 Å². The molecule has 13 rings (SSSR count). The van der Waals surface area contributed by atoms with Gasteiger partial charge in [0.1, 0.15) is 39.8 Å². The Hall–Kier alpha value is -7.97. The van der Waals surface area contributed by atoms with Gasteiger partial charge < -0.3 is 38.5 Å². The van der Waals surface area contributed by atoms with Gasteiger partial charge in [0.2, 0.25) is 5.95 Å². The van der Waals surface area contributed by atoms with E-state index in [0.717, 1.165) is 134 Å². The largest absolute Gasteiger partial charge is 0.489 e. The zero-order valence-corrected chi connectivity index (χ0v) is 49.7. The topological polar surface area (TPSA) is 228 Å². The van der Waals surface area contributed by atoms with Gasteiger partial charge in [0.25, 0.3) is 22.2 Å². The zero-order chi connectivity index (χ0) is 58.3. The molecule has 4 saturated heterocycles. The van der Waals surface area contributed by atoms with Crippen LogP contribution in [0.2, 0.25) is 0 Å². The molecule has 23 nitrogen and oxygen atoms in total. The highest BCUT2D eigenvalue weighted by Crippen LogP contribution is 2.39. The number of fused-ring (bicyclic) bond motifs is 3. The SMILES string of the molecule is Cc1cc(=O)n(-c2ccc3c(c2)OCC2CCCN32)c(C)n1.Cc1cc(=O)n(-c2cnc(N3CCOCC3)nc2)c(C)n1.Cc1cc(=O)n(-c2ncc(N3CCOCC3)s2)c(C)n1.Cc1cc(C)c(=O)n(-c2cnc(N3CCOCC3)s2)c1. The number of anilines is 4. The molecule has 83 heavy (non-hydrogen) atoms. The van der Waals surface area contributed by atoms with Crippen LogP contribution in [0.4, 0.5) is 21.8 Å². The average molecular weight is 1170 g/mol. The predicted octanol–water partition coefficient (Wildman–Crippen LogP) is 5.58. The lowest BCUT2D eigenvalue weighted by molar-refractivity contribution is 0.122. The van der Waals surface area contributed by atoms with Crippen LogP contribution in [0.3, 0.4) is 0 Å². The number of aryl methyl sites for hydroxylation is 8. The van der Waals surface area contributed by atoms with Gasteiger partial charge in [0.05, 0.1) is 87.5 Å². The molecule has 5 aliphatic heterocycles. The van der Waals surface area contributed by atoms with Crippen LogP contribution in [0.15, 0.2) is 92.6 Å². The Morgan fingerprint density at radius 2 is 1.04 bits per heavy atom. The van der Waals surface area contributed by atoms with E-state index in [1.165, 1.54) is 40.9 Å². The number of ether oxygens (including phenoxy) is 4. The van der Waals surface area contributed by atoms with Gasteiger partial charge in [-0.05, 0) is 92.0 Å². The first kappa shape index (κ1) is 58.2. The minimum Gasteiger partial charge on any atom is -0.489 e. The van der Waals surface area contributed by atoms with Crippen molar-refractivity contribution in [1.29, 1.82) is 0 Å². The van der Waals surface area contributed by atoms with Crippen molar-refractivity contribution in [2.75, 3.05) is 112 Å². The van der Waals surface area contributed by atoms with Gasteiger partial charge in [-0.25, -0.2) is 39.5 Å². The van der Waals surface area contributed by atoms with Gasteiger partial charge in [-0.1, -0.05) is 22.7 Å². The van der Waals surface area contributed by atoms with Gasteiger partial charge in [-0.3, -0.25) is 32.9 Å². The number of thiazole rings is 2. The minimum absolute atomic E-state index is 0.0211. The molecule has 1 atom stereocenters. The molecule has 0 spiro atoms. The summed E-state index contributed by atoms with van der Waals surface area (Å²) in [5.41, 5.74) is 6.35. The summed E-state index contributed by atoms with van der Waals surface area (Å²) in [5.74, 6) is 3.51. The molecule has 0 bridgehead atoms. The third-order valence-electron chi connectivity index (χ3n) is 14.5. The van der Waals surface area contributed by atoms with Crippen molar-refractivity contribution in [2.45, 2.75) is 74.3 Å². The number of hydrogen-bond acceptors (Lipinski definition) is 21. The Balaban J connectivity index is 0.000000124. The minimum atomic E-state index is -0.122. The molecule has 7 aromatic heterocycles. The molecule has 0 saturated carbocycles. The van der Waals surface area contributed by atoms with E-state index >= 15 is 0 Å². The molecule has 0 radical (unpaired) electrons. The van der Waals surface area contributed by atoms with Crippen molar-refractivity contribution >= 4 is 44.4 Å². The number of aromatic nitrogens is 11. The van der Waals surface area contributed by atoms with Crippen LogP contribution in [0.1, 0.15) is 58.5 Å². The standard InChI is InChI=1S/C17H19N3O2.C14H17N5O2.C14H17N3O2S.C13H16N4O2S/c1-11-8-17(21)20(12(2)18-11)13-5-6-15-16(9-13)22-10-14-4-3-7-19(14)15;1-10-7-13(20)19(11(2)17-10)12-8-15-14(16-9-12)18-3-5-21-6-4-18;1-10-7-11(2)13(18)17(9-10)12-8-15-14(20-12)16-3-5-19-6-4-16;1-9-7-11(18)17(10(2)15-9)13-14-8-12(20-13)16-3-5-19-6-4-16/h5-6,8-9,14H,3-4,7,10H2,1-2H3;7-9H,3-6H2,1-2H3;7-9H,3-6H2,1-2H3;7-8H,3-6H2,1-2H3. The molecule has 0 N–H and O–H groups in total. The normalized spacial score (nSPS) is 16.6. The number of benzene rings is 1. The van der Waals surface area contributed by atoms with Crippen LogP contribution >= 0.6 is 22.7 Å². The second-order valence-electron chi connectivity index (χ2n) is 20.7. The maximum atomic E-state index is 12.3. The summed E-state index contributed by atoms with van der Waals surface area (Å²) in [7, 11) is 0. The van der Waals surface area contributed by atoms with E-state index < -0.39 is 0 Å². The quantitative estimate of drug-likeness (QED) is 0.190. The number of rotatable bonds is 7. The molecule has 25 heteroatoms. The Morgan fingerprint density at radius 3 is 1.63 bits per heavy atom. The average Bonchev–Trinajstić information content (AvgIpc) is 4.39. The lowest BCUT2D eigenvalue weighted by atomic mass is 10.1. The number of nitrogens with zero attached hydrogens (tertiary/aromatic N) is 15. The molecule has 1 unspecified atom stereocenters. The van der Waals surface area contributed by atoms with E-state index in [2.05, 4.69) is 60.6 Å². The third kappa shape index (κ3) is 13.6. The summed E-state index contributed by atoms with van der Waals surface area (Å²) in [6.07, 6.45) is 11.2. The van der Waals surface area contributed by atoms with Gasteiger partial charge in [0.15, 0.2) is 10.3 Å². The summed E-state index contributed by atoms with van der Waals surface area (Å²) in [6.45, 7) is 25.9. The molecule has 436 valence electrons. The van der Waals surface area contributed by atoms with E-state index in [4.69, 9.17) is 18.9 Å². The smallest absolute Gasteiger partial charge is 0.260 e.